The minimum atomic E-state index is 0.121. The Hall–Kier alpha value is -1.84. The smallest absolute Gasteiger partial charge is 0.118 e. The Labute approximate surface area is 126 Å². The fourth-order valence-electron chi connectivity index (χ4n) is 3.09. The van der Waals surface area contributed by atoms with Crippen LogP contribution in [0.25, 0.3) is 0 Å². The zero-order valence-electron chi connectivity index (χ0n) is 12.4. The van der Waals surface area contributed by atoms with Crippen LogP contribution >= 0.6 is 0 Å². The highest BCUT2D eigenvalue weighted by atomic mass is 16.3. The van der Waals surface area contributed by atoms with Crippen molar-refractivity contribution in [3.8, 4) is 5.75 Å². The fourth-order valence-corrected chi connectivity index (χ4v) is 3.09. The number of likely N-dealkylation sites (tertiary alicyclic amines) is 1. The average Bonchev–Trinajstić information content (AvgIpc) is 2.84. The van der Waals surface area contributed by atoms with Gasteiger partial charge in [0.05, 0.1) is 0 Å². The molecule has 0 spiro atoms. The highest BCUT2D eigenvalue weighted by molar-refractivity contribution is 5.38. The van der Waals surface area contributed by atoms with E-state index in [4.69, 9.17) is 5.73 Å². The summed E-state index contributed by atoms with van der Waals surface area (Å²) in [5.74, 6) is 0.654. The van der Waals surface area contributed by atoms with Crippen molar-refractivity contribution in [2.45, 2.75) is 25.4 Å². The van der Waals surface area contributed by atoms with Crippen LogP contribution in [0.4, 0.5) is 0 Å². The molecule has 0 amide bonds. The summed E-state index contributed by atoms with van der Waals surface area (Å²) in [6.07, 6.45) is 0. The van der Waals surface area contributed by atoms with Gasteiger partial charge in [-0.25, -0.2) is 0 Å². The number of nitrogens with zero attached hydrogens (tertiary/aromatic N) is 1. The number of phenolic OH excluding ortho intramolecular Hbond substituents is 1. The van der Waals surface area contributed by atoms with Gasteiger partial charge in [0.15, 0.2) is 0 Å². The summed E-state index contributed by atoms with van der Waals surface area (Å²) < 4.78 is 0. The minimum Gasteiger partial charge on any atom is -0.508 e. The first kappa shape index (κ1) is 14.1. The van der Waals surface area contributed by atoms with Crippen LogP contribution in [-0.4, -0.2) is 29.1 Å². The highest BCUT2D eigenvalue weighted by Gasteiger charge is 2.31. The van der Waals surface area contributed by atoms with Gasteiger partial charge in [0.2, 0.25) is 0 Å². The number of aryl methyl sites for hydroxylation is 1. The SMILES string of the molecule is Cc1ccc(C2CN(Cc3ccccc3)CC2N)cc1O. The van der Waals surface area contributed by atoms with Crippen LogP contribution in [0.3, 0.4) is 0 Å². The Bertz CT molecular complexity index is 612. The molecule has 3 nitrogen and oxygen atoms in total. The number of nitrogens with two attached hydrogens (primary N) is 1. The van der Waals surface area contributed by atoms with Crippen molar-refractivity contribution >= 4 is 0 Å². The third-order valence-corrected chi connectivity index (χ3v) is 4.35. The predicted molar refractivity (Wildman–Crippen MR) is 85.3 cm³/mol. The van der Waals surface area contributed by atoms with Crippen molar-refractivity contribution in [1.29, 1.82) is 0 Å². The molecule has 0 aromatic heterocycles. The van der Waals surface area contributed by atoms with E-state index in [1.807, 2.05) is 25.1 Å². The van der Waals surface area contributed by atoms with Gasteiger partial charge in [-0.2, -0.15) is 0 Å². The van der Waals surface area contributed by atoms with E-state index in [1.165, 1.54) is 5.56 Å². The van der Waals surface area contributed by atoms with Crippen LogP contribution in [0.1, 0.15) is 22.6 Å². The van der Waals surface area contributed by atoms with E-state index < -0.39 is 0 Å². The minimum absolute atomic E-state index is 0.121. The van der Waals surface area contributed by atoms with Crippen molar-refractivity contribution in [2.24, 2.45) is 5.73 Å². The standard InChI is InChI=1S/C18H22N2O/c1-13-7-8-15(9-18(13)21)16-11-20(12-17(16)19)10-14-5-3-2-4-6-14/h2-9,16-17,21H,10-12,19H2,1H3. The maximum Gasteiger partial charge on any atom is 0.118 e. The lowest BCUT2D eigenvalue weighted by Gasteiger charge is -2.16. The molecular formula is C18H22N2O. The molecule has 2 aromatic carbocycles. The van der Waals surface area contributed by atoms with Crippen LogP contribution in [0.2, 0.25) is 0 Å². The molecule has 21 heavy (non-hydrogen) atoms. The van der Waals surface area contributed by atoms with Crippen LogP contribution in [0.5, 0.6) is 5.75 Å². The Balaban J connectivity index is 1.72. The molecular weight excluding hydrogens is 260 g/mol. The van der Waals surface area contributed by atoms with Gasteiger partial charge < -0.3 is 10.8 Å². The second kappa shape index (κ2) is 5.88. The lowest BCUT2D eigenvalue weighted by atomic mass is 9.94. The number of benzene rings is 2. The Kier molecular flexibility index (Phi) is 3.95. The summed E-state index contributed by atoms with van der Waals surface area (Å²) >= 11 is 0. The summed E-state index contributed by atoms with van der Waals surface area (Å²) in [5.41, 5.74) is 9.69. The monoisotopic (exact) mass is 282 g/mol. The van der Waals surface area contributed by atoms with Gasteiger partial charge in [-0.15, -0.1) is 0 Å². The quantitative estimate of drug-likeness (QED) is 0.910. The summed E-state index contributed by atoms with van der Waals surface area (Å²) in [4.78, 5) is 2.39. The first-order valence-electron chi connectivity index (χ1n) is 7.45. The van der Waals surface area contributed by atoms with Gasteiger partial charge in [-0.1, -0.05) is 42.5 Å². The molecule has 1 aliphatic rings. The second-order valence-electron chi connectivity index (χ2n) is 6.00. The third kappa shape index (κ3) is 3.09. The lowest BCUT2D eigenvalue weighted by Crippen LogP contribution is -2.28. The molecule has 3 rings (SSSR count). The molecule has 2 aromatic rings. The number of aromatic hydroxyl groups is 1. The van der Waals surface area contributed by atoms with E-state index in [1.54, 1.807) is 0 Å². The lowest BCUT2D eigenvalue weighted by molar-refractivity contribution is 0.324. The molecule has 1 aliphatic heterocycles. The fraction of sp³-hybridized carbons (Fsp3) is 0.333. The van der Waals surface area contributed by atoms with Gasteiger partial charge in [0, 0.05) is 31.6 Å². The number of phenols is 1. The molecule has 0 saturated carbocycles. The normalized spacial score (nSPS) is 22.6. The summed E-state index contributed by atoms with van der Waals surface area (Å²) in [7, 11) is 0. The number of hydrogen-bond acceptors (Lipinski definition) is 3. The Morgan fingerprint density at radius 3 is 2.62 bits per heavy atom. The number of rotatable bonds is 3. The molecule has 0 radical (unpaired) electrons. The molecule has 110 valence electrons. The molecule has 0 bridgehead atoms. The van der Waals surface area contributed by atoms with E-state index in [0.717, 1.165) is 30.8 Å². The van der Waals surface area contributed by atoms with Crippen molar-refractivity contribution in [1.82, 2.24) is 4.90 Å². The zero-order chi connectivity index (χ0) is 14.8. The van der Waals surface area contributed by atoms with Crippen LogP contribution in [-0.2, 0) is 6.54 Å². The summed E-state index contributed by atoms with van der Waals surface area (Å²) in [5, 5.41) is 9.89. The van der Waals surface area contributed by atoms with E-state index >= 15 is 0 Å². The van der Waals surface area contributed by atoms with Gasteiger partial charge in [-0.05, 0) is 29.7 Å². The van der Waals surface area contributed by atoms with Crippen molar-refractivity contribution in [2.75, 3.05) is 13.1 Å². The van der Waals surface area contributed by atoms with Gasteiger partial charge in [0.1, 0.15) is 5.75 Å². The molecule has 1 heterocycles. The molecule has 0 aliphatic carbocycles. The second-order valence-corrected chi connectivity index (χ2v) is 6.00. The molecule has 2 atom stereocenters. The Morgan fingerprint density at radius 2 is 1.90 bits per heavy atom. The summed E-state index contributed by atoms with van der Waals surface area (Å²) in [6, 6.07) is 16.5. The van der Waals surface area contributed by atoms with Crippen molar-refractivity contribution < 1.29 is 5.11 Å². The molecule has 1 saturated heterocycles. The zero-order valence-corrected chi connectivity index (χ0v) is 12.4. The maximum atomic E-state index is 9.89. The van der Waals surface area contributed by atoms with Gasteiger partial charge in [-0.3, -0.25) is 4.90 Å². The number of hydrogen-bond donors (Lipinski definition) is 2. The largest absolute Gasteiger partial charge is 0.508 e. The Morgan fingerprint density at radius 1 is 1.14 bits per heavy atom. The molecule has 2 unspecified atom stereocenters. The van der Waals surface area contributed by atoms with Crippen molar-refractivity contribution in [3.05, 3.63) is 65.2 Å². The van der Waals surface area contributed by atoms with E-state index in [9.17, 15) is 5.11 Å². The highest BCUT2D eigenvalue weighted by Crippen LogP contribution is 2.30. The molecule has 3 heteroatoms. The average molecular weight is 282 g/mol. The first-order valence-corrected chi connectivity index (χ1v) is 7.45. The van der Waals surface area contributed by atoms with Gasteiger partial charge in [0.25, 0.3) is 0 Å². The van der Waals surface area contributed by atoms with Gasteiger partial charge >= 0.3 is 0 Å². The summed E-state index contributed by atoms with van der Waals surface area (Å²) in [6.45, 7) is 4.69. The topological polar surface area (TPSA) is 49.5 Å². The first-order chi connectivity index (χ1) is 10.1. The predicted octanol–water partition coefficient (Wildman–Crippen LogP) is 2.63. The van der Waals surface area contributed by atoms with Crippen LogP contribution in [0.15, 0.2) is 48.5 Å². The van der Waals surface area contributed by atoms with E-state index in [2.05, 4.69) is 35.2 Å². The van der Waals surface area contributed by atoms with Crippen LogP contribution in [0, 0.1) is 6.92 Å². The molecule has 3 N–H and O–H groups in total. The van der Waals surface area contributed by atoms with E-state index in [0.29, 0.717) is 11.7 Å². The third-order valence-electron chi connectivity index (χ3n) is 4.35. The molecule has 1 fully saturated rings. The maximum absolute atomic E-state index is 9.89. The van der Waals surface area contributed by atoms with Crippen molar-refractivity contribution in [3.63, 3.8) is 0 Å². The van der Waals surface area contributed by atoms with Crippen LogP contribution < -0.4 is 5.73 Å². The van der Waals surface area contributed by atoms with E-state index in [-0.39, 0.29) is 6.04 Å².